The number of aromatic nitrogens is 1. The molecular formula is C14H23N5O2S. The Morgan fingerprint density at radius 1 is 1.55 bits per heavy atom. The Balaban J connectivity index is 1.83. The number of amides is 2. The fraction of sp³-hybridized carbons (Fsp3) is 0.643. The summed E-state index contributed by atoms with van der Waals surface area (Å²) in [6, 6.07) is 0.256. The van der Waals surface area contributed by atoms with Gasteiger partial charge in [0.25, 0.3) is 0 Å². The molecule has 8 heteroatoms. The van der Waals surface area contributed by atoms with Gasteiger partial charge in [0.15, 0.2) is 5.13 Å². The predicted molar refractivity (Wildman–Crippen MR) is 86.3 cm³/mol. The standard InChI is InChI=1S/C14H23N5O2S/c1-18(2)13(21)8-19-6-5-10(3-4-12(19)20)16-7-11-9-22-14(15)17-11/h9-10,16H,3-8H2,1-2H3,(H2,15,17). The number of likely N-dealkylation sites (N-methyl/N-ethyl adjacent to an activating group) is 1. The van der Waals surface area contributed by atoms with Gasteiger partial charge in [-0.25, -0.2) is 4.98 Å². The van der Waals surface area contributed by atoms with Gasteiger partial charge in [0.2, 0.25) is 11.8 Å². The normalized spacial score (nSPS) is 19.1. The number of thiazole rings is 1. The minimum absolute atomic E-state index is 0.0438. The predicted octanol–water partition coefficient (Wildman–Crippen LogP) is 0.284. The van der Waals surface area contributed by atoms with Gasteiger partial charge in [0, 0.05) is 45.0 Å². The average Bonchev–Trinajstić information content (AvgIpc) is 2.81. The maximum atomic E-state index is 12.1. The summed E-state index contributed by atoms with van der Waals surface area (Å²) in [4.78, 5) is 31.2. The lowest BCUT2D eigenvalue weighted by atomic mass is 10.1. The number of hydrogen-bond donors (Lipinski definition) is 2. The van der Waals surface area contributed by atoms with Crippen molar-refractivity contribution in [2.75, 3.05) is 32.9 Å². The van der Waals surface area contributed by atoms with Crippen LogP contribution in [-0.2, 0) is 16.1 Å². The molecule has 122 valence electrons. The van der Waals surface area contributed by atoms with Gasteiger partial charge < -0.3 is 20.9 Å². The second-order valence-corrected chi connectivity index (χ2v) is 6.58. The van der Waals surface area contributed by atoms with Crippen LogP contribution in [0.5, 0.6) is 0 Å². The number of nitrogen functional groups attached to an aromatic ring is 1. The SMILES string of the molecule is CN(C)C(=O)CN1CCC(NCc2csc(N)n2)CCC1=O. The van der Waals surface area contributed by atoms with Crippen molar-refractivity contribution in [3.05, 3.63) is 11.1 Å². The van der Waals surface area contributed by atoms with Gasteiger partial charge in [-0.3, -0.25) is 9.59 Å². The fourth-order valence-electron chi connectivity index (χ4n) is 2.37. The van der Waals surface area contributed by atoms with Crippen molar-refractivity contribution >= 4 is 28.3 Å². The van der Waals surface area contributed by atoms with Gasteiger partial charge in [-0.2, -0.15) is 0 Å². The molecular weight excluding hydrogens is 302 g/mol. The zero-order valence-electron chi connectivity index (χ0n) is 13.0. The molecule has 3 N–H and O–H groups in total. The largest absolute Gasteiger partial charge is 0.375 e. The average molecular weight is 325 g/mol. The lowest BCUT2D eigenvalue weighted by molar-refractivity contribution is -0.138. The molecule has 1 aromatic heterocycles. The smallest absolute Gasteiger partial charge is 0.241 e. The van der Waals surface area contributed by atoms with Crippen molar-refractivity contribution in [2.24, 2.45) is 0 Å². The number of anilines is 1. The van der Waals surface area contributed by atoms with Crippen LogP contribution in [0, 0.1) is 0 Å². The van der Waals surface area contributed by atoms with Crippen molar-refractivity contribution in [1.82, 2.24) is 20.1 Å². The summed E-state index contributed by atoms with van der Waals surface area (Å²) >= 11 is 1.43. The lowest BCUT2D eigenvalue weighted by Gasteiger charge is -2.22. The first kappa shape index (κ1) is 16.7. The Bertz CT molecular complexity index is 531. The summed E-state index contributed by atoms with van der Waals surface area (Å²) in [7, 11) is 3.41. The van der Waals surface area contributed by atoms with Crippen LogP contribution in [0.1, 0.15) is 25.0 Å². The van der Waals surface area contributed by atoms with Crippen molar-refractivity contribution in [3.8, 4) is 0 Å². The van der Waals surface area contributed by atoms with Crippen molar-refractivity contribution in [3.63, 3.8) is 0 Å². The van der Waals surface area contributed by atoms with E-state index in [-0.39, 0.29) is 24.4 Å². The fourth-order valence-corrected chi connectivity index (χ4v) is 2.93. The Kier molecular flexibility index (Phi) is 5.73. The summed E-state index contributed by atoms with van der Waals surface area (Å²) < 4.78 is 0. The molecule has 0 bridgehead atoms. The Morgan fingerprint density at radius 3 is 2.95 bits per heavy atom. The minimum atomic E-state index is -0.0438. The van der Waals surface area contributed by atoms with Crippen LogP contribution in [-0.4, -0.2) is 59.8 Å². The topological polar surface area (TPSA) is 91.6 Å². The van der Waals surface area contributed by atoms with Crippen molar-refractivity contribution in [2.45, 2.75) is 31.8 Å². The molecule has 7 nitrogen and oxygen atoms in total. The van der Waals surface area contributed by atoms with E-state index >= 15 is 0 Å². The maximum absolute atomic E-state index is 12.1. The molecule has 1 atom stereocenters. The number of carbonyl (C=O) groups excluding carboxylic acids is 2. The molecule has 1 unspecified atom stereocenters. The summed E-state index contributed by atoms with van der Waals surface area (Å²) in [5, 5.41) is 5.93. The van der Waals surface area contributed by atoms with E-state index in [1.165, 1.54) is 16.2 Å². The van der Waals surface area contributed by atoms with E-state index in [9.17, 15) is 9.59 Å². The van der Waals surface area contributed by atoms with Crippen LogP contribution in [0.4, 0.5) is 5.13 Å². The van der Waals surface area contributed by atoms with Gasteiger partial charge in [0.05, 0.1) is 12.2 Å². The van der Waals surface area contributed by atoms with E-state index in [1.54, 1.807) is 19.0 Å². The third-order valence-electron chi connectivity index (χ3n) is 3.77. The van der Waals surface area contributed by atoms with Crippen LogP contribution in [0.3, 0.4) is 0 Å². The third-order valence-corrected chi connectivity index (χ3v) is 4.50. The van der Waals surface area contributed by atoms with Gasteiger partial charge in [-0.05, 0) is 12.8 Å². The quantitative estimate of drug-likeness (QED) is 0.811. The number of nitrogens with two attached hydrogens (primary N) is 1. The van der Waals surface area contributed by atoms with E-state index in [0.717, 1.165) is 18.5 Å². The zero-order valence-corrected chi connectivity index (χ0v) is 13.9. The molecule has 0 radical (unpaired) electrons. The first-order valence-corrected chi connectivity index (χ1v) is 8.25. The molecule has 1 aliphatic heterocycles. The number of likely N-dealkylation sites (tertiary alicyclic amines) is 1. The second-order valence-electron chi connectivity index (χ2n) is 5.69. The molecule has 1 fully saturated rings. The lowest BCUT2D eigenvalue weighted by Crippen LogP contribution is -2.40. The Hall–Kier alpha value is -1.67. The number of nitrogens with one attached hydrogen (secondary N) is 1. The highest BCUT2D eigenvalue weighted by Crippen LogP contribution is 2.15. The van der Waals surface area contributed by atoms with Gasteiger partial charge in [0.1, 0.15) is 0 Å². The molecule has 1 aromatic rings. The van der Waals surface area contributed by atoms with Crippen LogP contribution >= 0.6 is 11.3 Å². The van der Waals surface area contributed by atoms with Crippen LogP contribution in [0.15, 0.2) is 5.38 Å². The number of hydrogen-bond acceptors (Lipinski definition) is 6. The van der Waals surface area contributed by atoms with Gasteiger partial charge in [-0.15, -0.1) is 11.3 Å². The van der Waals surface area contributed by atoms with E-state index in [2.05, 4.69) is 10.3 Å². The summed E-state index contributed by atoms with van der Waals surface area (Å²) in [5.41, 5.74) is 6.54. The molecule has 0 aliphatic carbocycles. The summed E-state index contributed by atoms with van der Waals surface area (Å²) in [6.45, 7) is 1.43. The highest BCUT2D eigenvalue weighted by atomic mass is 32.1. The number of carbonyl (C=O) groups is 2. The Morgan fingerprint density at radius 2 is 2.32 bits per heavy atom. The molecule has 2 rings (SSSR count). The van der Waals surface area contributed by atoms with Crippen LogP contribution in [0.2, 0.25) is 0 Å². The van der Waals surface area contributed by atoms with Gasteiger partial charge >= 0.3 is 0 Å². The monoisotopic (exact) mass is 325 g/mol. The highest BCUT2D eigenvalue weighted by molar-refractivity contribution is 7.13. The van der Waals surface area contributed by atoms with Gasteiger partial charge in [-0.1, -0.05) is 0 Å². The van der Waals surface area contributed by atoms with E-state index in [4.69, 9.17) is 5.73 Å². The van der Waals surface area contributed by atoms with Crippen LogP contribution in [0.25, 0.3) is 0 Å². The van der Waals surface area contributed by atoms with E-state index in [0.29, 0.717) is 24.6 Å². The molecule has 2 heterocycles. The number of nitrogens with zero attached hydrogens (tertiary/aromatic N) is 3. The van der Waals surface area contributed by atoms with E-state index < -0.39 is 0 Å². The molecule has 2 amide bonds. The summed E-state index contributed by atoms with van der Waals surface area (Å²) in [5.74, 6) is 0.00936. The minimum Gasteiger partial charge on any atom is -0.375 e. The molecule has 0 spiro atoms. The molecule has 1 saturated heterocycles. The van der Waals surface area contributed by atoms with Crippen LogP contribution < -0.4 is 11.1 Å². The molecule has 0 aromatic carbocycles. The van der Waals surface area contributed by atoms with Crippen molar-refractivity contribution < 1.29 is 9.59 Å². The first-order valence-electron chi connectivity index (χ1n) is 7.37. The molecule has 22 heavy (non-hydrogen) atoms. The zero-order chi connectivity index (χ0) is 16.1. The summed E-state index contributed by atoms with van der Waals surface area (Å²) in [6.07, 6.45) is 2.09. The Labute approximate surface area is 134 Å². The second kappa shape index (κ2) is 7.55. The van der Waals surface area contributed by atoms with Crippen molar-refractivity contribution in [1.29, 1.82) is 0 Å². The first-order chi connectivity index (χ1) is 10.5. The molecule has 1 aliphatic rings. The third kappa shape index (κ3) is 4.67. The maximum Gasteiger partial charge on any atom is 0.241 e. The van der Waals surface area contributed by atoms with E-state index in [1.807, 2.05) is 5.38 Å². The highest BCUT2D eigenvalue weighted by Gasteiger charge is 2.24. The molecule has 0 saturated carbocycles. The number of rotatable bonds is 5.